The lowest BCUT2D eigenvalue weighted by Crippen LogP contribution is -2.87. The van der Waals surface area contributed by atoms with Gasteiger partial charge in [0.05, 0.1) is 0 Å². The maximum absolute atomic E-state index is 6.79. The van der Waals surface area contributed by atoms with Gasteiger partial charge in [0.1, 0.15) is 11.5 Å². The molecule has 0 unspecified atom stereocenters. The lowest BCUT2D eigenvalue weighted by Gasteiger charge is -2.46. The number of nitrogens with zero attached hydrogens (tertiary/aromatic N) is 1. The van der Waals surface area contributed by atoms with Crippen molar-refractivity contribution >= 4 is 102 Å². The SMILES string of the molecule is c1ccc(N(c2ccc(-c3cccc4c3sc3ccccc34)cc2)c2ccc3c(c2)[Si]2(c4ccccc4Oc4ccccc42)c2ccccc2[Si]3c2ccccc2)cc1. The maximum Gasteiger partial charge on any atom is 0.188 e. The maximum atomic E-state index is 6.79. The molecule has 5 heteroatoms. The van der Waals surface area contributed by atoms with Crippen LogP contribution in [-0.2, 0) is 0 Å². The van der Waals surface area contributed by atoms with Crippen LogP contribution in [0.3, 0.4) is 0 Å². The number of rotatable bonds is 5. The van der Waals surface area contributed by atoms with Crippen LogP contribution >= 0.6 is 11.3 Å². The molecule has 0 N–H and O–H groups in total. The molecule has 1 radical (unpaired) electrons. The van der Waals surface area contributed by atoms with Crippen LogP contribution in [0.5, 0.6) is 11.5 Å². The normalized spacial score (nSPS) is 13.6. The summed E-state index contributed by atoms with van der Waals surface area (Å²) in [7, 11) is -4.30. The van der Waals surface area contributed by atoms with Crippen molar-refractivity contribution < 1.29 is 4.74 Å². The van der Waals surface area contributed by atoms with E-state index in [0.717, 1.165) is 28.6 Å². The van der Waals surface area contributed by atoms with Crippen LogP contribution < -0.4 is 45.9 Å². The van der Waals surface area contributed by atoms with E-state index in [0.29, 0.717) is 0 Å². The summed E-state index contributed by atoms with van der Waals surface area (Å²) in [6.45, 7) is 0. The Morgan fingerprint density at radius 2 is 1.00 bits per heavy atom. The highest BCUT2D eigenvalue weighted by atomic mass is 32.1. The third-order valence-electron chi connectivity index (χ3n) is 12.3. The van der Waals surface area contributed by atoms with Crippen LogP contribution in [0, 0.1) is 0 Å². The Morgan fingerprint density at radius 1 is 0.424 bits per heavy atom. The predicted octanol–water partition coefficient (Wildman–Crippen LogP) is 9.50. The van der Waals surface area contributed by atoms with E-state index in [1.165, 1.54) is 67.6 Å². The van der Waals surface area contributed by atoms with Crippen molar-refractivity contribution in [1.29, 1.82) is 0 Å². The molecule has 9 aromatic carbocycles. The molecule has 1 aromatic heterocycles. The fourth-order valence-corrected chi connectivity index (χ4v) is 20.7. The van der Waals surface area contributed by atoms with Crippen molar-refractivity contribution in [3.05, 3.63) is 218 Å². The minimum Gasteiger partial charge on any atom is -0.458 e. The number of ether oxygens (including phenoxy) is 1. The van der Waals surface area contributed by atoms with E-state index >= 15 is 0 Å². The number of anilines is 3. The molecule has 0 saturated carbocycles. The van der Waals surface area contributed by atoms with Crippen molar-refractivity contribution in [3.63, 3.8) is 0 Å². The number of hydrogen-bond donors (Lipinski definition) is 0. The topological polar surface area (TPSA) is 12.5 Å². The highest BCUT2D eigenvalue weighted by Crippen LogP contribution is 2.41. The number of hydrogen-bond acceptors (Lipinski definition) is 3. The summed E-state index contributed by atoms with van der Waals surface area (Å²) in [6.07, 6.45) is 0. The molecule has 2 aliphatic rings. The molecule has 0 fully saturated rings. The molecule has 0 amide bonds. The number of thiophene rings is 1. The van der Waals surface area contributed by atoms with Gasteiger partial charge in [-0.05, 0) is 86.5 Å². The molecule has 0 atom stereocenters. The molecule has 2 aliphatic heterocycles. The first kappa shape index (κ1) is 34.3. The standard InChI is InChI=1S/C54H36NOSSi2/c1-3-16-38(17-4-1)55(39-32-30-37(31-33-39)42-21-15-22-44-43-20-7-10-25-47(43)57-54(42)44)40-34-35-49-53(36-40)59(50-27-12-8-23-45(50)56-46-24-9-13-28-51(46)59)52-29-14-11-26-48(52)58(49)41-18-5-2-6-19-41/h1-36H. The summed E-state index contributed by atoms with van der Waals surface area (Å²) < 4.78 is 9.44. The van der Waals surface area contributed by atoms with Crippen molar-refractivity contribution in [2.24, 2.45) is 0 Å². The van der Waals surface area contributed by atoms with Gasteiger partial charge >= 0.3 is 0 Å². The molecular formula is C54H36NOSSi2. The van der Waals surface area contributed by atoms with E-state index in [9.17, 15) is 0 Å². The van der Waals surface area contributed by atoms with E-state index < -0.39 is 16.9 Å². The predicted molar refractivity (Wildman–Crippen MR) is 254 cm³/mol. The van der Waals surface area contributed by atoms with Gasteiger partial charge in [-0.15, -0.1) is 11.3 Å². The second-order valence-electron chi connectivity index (χ2n) is 15.4. The third-order valence-corrected chi connectivity index (χ3v) is 21.7. The van der Waals surface area contributed by atoms with E-state index in [1.54, 1.807) is 0 Å². The van der Waals surface area contributed by atoms with Crippen molar-refractivity contribution in [3.8, 4) is 22.6 Å². The molecule has 0 aliphatic carbocycles. The molecular weight excluding hydrogens is 767 g/mol. The zero-order valence-corrected chi connectivity index (χ0v) is 34.9. The highest BCUT2D eigenvalue weighted by molar-refractivity contribution is 7.27. The summed E-state index contributed by atoms with van der Waals surface area (Å²) in [5.41, 5.74) is 5.89. The Hall–Kier alpha value is -6.77. The lowest BCUT2D eigenvalue weighted by atomic mass is 10.0. The number of para-hydroxylation sites is 3. The summed E-state index contributed by atoms with van der Waals surface area (Å²) in [5.74, 6) is 1.92. The summed E-state index contributed by atoms with van der Waals surface area (Å²) >= 11 is 1.88. The van der Waals surface area contributed by atoms with Gasteiger partial charge in [-0.2, -0.15) is 0 Å². The van der Waals surface area contributed by atoms with Crippen molar-refractivity contribution in [1.82, 2.24) is 0 Å². The van der Waals surface area contributed by atoms with E-state index in [4.69, 9.17) is 4.74 Å². The molecule has 59 heavy (non-hydrogen) atoms. The van der Waals surface area contributed by atoms with E-state index in [1.807, 2.05) is 11.3 Å². The first-order valence-corrected chi connectivity index (χ1v) is 24.5. The Kier molecular flexibility index (Phi) is 7.95. The minimum absolute atomic E-state index is 0.962. The number of benzene rings is 9. The number of fused-ring (bicyclic) bond motifs is 11. The van der Waals surface area contributed by atoms with Crippen LogP contribution in [0.4, 0.5) is 17.1 Å². The Balaban J connectivity index is 1.10. The summed E-state index contributed by atoms with van der Waals surface area (Å²) in [5, 5.41) is 12.5. The largest absolute Gasteiger partial charge is 0.458 e. The van der Waals surface area contributed by atoms with Gasteiger partial charge in [0, 0.05) is 37.2 Å². The average molecular weight is 803 g/mol. The third kappa shape index (κ3) is 5.22. The van der Waals surface area contributed by atoms with Crippen LogP contribution in [-0.4, -0.2) is 16.9 Å². The summed E-state index contributed by atoms with van der Waals surface area (Å²) in [4.78, 5) is 2.44. The molecule has 10 aromatic rings. The van der Waals surface area contributed by atoms with Gasteiger partial charge < -0.3 is 9.64 Å². The van der Waals surface area contributed by atoms with Crippen LogP contribution in [0.2, 0.25) is 0 Å². The average Bonchev–Trinajstić information content (AvgIpc) is 3.69. The van der Waals surface area contributed by atoms with Gasteiger partial charge in [0.15, 0.2) is 16.9 Å². The monoisotopic (exact) mass is 802 g/mol. The first-order chi connectivity index (χ1) is 29.3. The fourth-order valence-electron chi connectivity index (χ4n) is 9.80. The minimum atomic E-state index is -2.92. The van der Waals surface area contributed by atoms with E-state index in [2.05, 4.69) is 223 Å². The Bertz CT molecular complexity index is 3170. The molecule has 12 rings (SSSR count). The van der Waals surface area contributed by atoms with Crippen LogP contribution in [0.15, 0.2) is 218 Å². The van der Waals surface area contributed by atoms with Gasteiger partial charge in [0.25, 0.3) is 0 Å². The van der Waals surface area contributed by atoms with Crippen LogP contribution in [0.25, 0.3) is 31.3 Å². The smallest absolute Gasteiger partial charge is 0.188 e. The quantitative estimate of drug-likeness (QED) is 0.161. The highest BCUT2D eigenvalue weighted by Gasteiger charge is 2.54. The molecule has 3 heterocycles. The Labute approximate surface area is 350 Å². The second kappa shape index (κ2) is 13.7. The Morgan fingerprint density at radius 3 is 1.76 bits per heavy atom. The summed E-state index contributed by atoms with van der Waals surface area (Å²) in [6, 6.07) is 81.1. The lowest BCUT2D eigenvalue weighted by molar-refractivity contribution is 0.487. The molecule has 2 nitrogen and oxygen atoms in total. The molecule has 0 saturated heterocycles. The molecule has 1 spiro atoms. The van der Waals surface area contributed by atoms with Crippen molar-refractivity contribution in [2.75, 3.05) is 4.90 Å². The van der Waals surface area contributed by atoms with Gasteiger partial charge in [-0.25, -0.2) is 0 Å². The zero-order chi connectivity index (χ0) is 38.9. The van der Waals surface area contributed by atoms with Gasteiger partial charge in [-0.1, -0.05) is 179 Å². The second-order valence-corrected chi connectivity index (χ2v) is 22.5. The van der Waals surface area contributed by atoms with Crippen molar-refractivity contribution in [2.45, 2.75) is 0 Å². The first-order valence-electron chi connectivity index (χ1n) is 20.2. The zero-order valence-electron chi connectivity index (χ0n) is 32.0. The van der Waals surface area contributed by atoms with Gasteiger partial charge in [0.2, 0.25) is 0 Å². The van der Waals surface area contributed by atoms with E-state index in [-0.39, 0.29) is 0 Å². The van der Waals surface area contributed by atoms with Gasteiger partial charge in [-0.3, -0.25) is 0 Å². The van der Waals surface area contributed by atoms with Crippen LogP contribution in [0.1, 0.15) is 0 Å². The molecule has 0 bridgehead atoms. The fraction of sp³-hybridized carbons (Fsp3) is 0. The molecule has 277 valence electrons.